The van der Waals surface area contributed by atoms with Crippen LogP contribution in [0.3, 0.4) is 0 Å². The summed E-state index contributed by atoms with van der Waals surface area (Å²) < 4.78 is 0. The van der Waals surface area contributed by atoms with Gasteiger partial charge in [-0.2, -0.15) is 0 Å². The Balaban J connectivity index is 1.90. The van der Waals surface area contributed by atoms with Crippen molar-refractivity contribution in [3.05, 3.63) is 0 Å². The maximum atomic E-state index is 12.0. The highest BCUT2D eigenvalue weighted by Gasteiger charge is 2.40. The zero-order valence-corrected chi connectivity index (χ0v) is 12.7. The molecule has 2 unspecified atom stereocenters. The molecule has 2 heterocycles. The van der Waals surface area contributed by atoms with Crippen molar-refractivity contribution >= 4 is 23.6 Å². The Morgan fingerprint density at radius 1 is 1.00 bits per heavy atom. The lowest BCUT2D eigenvalue weighted by molar-refractivity contribution is -0.139. The molecular weight excluding hydrogens is 274 g/mol. The highest BCUT2D eigenvalue weighted by molar-refractivity contribution is 6.04. The number of hydrogen-bond acceptors (Lipinski definition) is 5. The number of likely N-dealkylation sites (tertiary alicyclic amines) is 2. The minimum atomic E-state index is -0.345. The Hall–Kier alpha value is -1.76. The van der Waals surface area contributed by atoms with Gasteiger partial charge in [-0.25, -0.2) is 0 Å². The maximum Gasteiger partial charge on any atom is 0.234 e. The molecule has 0 radical (unpaired) electrons. The number of rotatable bonds is 5. The van der Waals surface area contributed by atoms with Gasteiger partial charge in [-0.15, -0.1) is 0 Å². The Kier molecular flexibility index (Phi) is 4.41. The molecule has 0 aliphatic carbocycles. The molecule has 0 saturated carbocycles. The second-order valence-corrected chi connectivity index (χ2v) is 5.79. The van der Waals surface area contributed by atoms with Gasteiger partial charge in [0.05, 0.1) is 11.8 Å². The molecule has 2 atom stereocenters. The highest BCUT2D eigenvalue weighted by atomic mass is 16.2. The molecule has 7 nitrogen and oxygen atoms in total. The molecule has 2 rings (SSSR count). The SMILES string of the molecule is CCN1C(=O)CC(CN(C)CC2CC(=O)N(C)C2=O)C1=O. The third kappa shape index (κ3) is 2.97. The Bertz CT molecular complexity index is 491. The standard InChI is InChI=1S/C14H21N3O4/c1-4-17-12(19)6-10(14(17)21)8-15(2)7-9-5-11(18)16(3)13(9)20/h9-10H,4-8H2,1-3H3. The lowest BCUT2D eigenvalue weighted by Crippen LogP contribution is -2.37. The predicted molar refractivity (Wildman–Crippen MR) is 73.9 cm³/mol. The summed E-state index contributed by atoms with van der Waals surface area (Å²) in [6.45, 7) is 3.04. The van der Waals surface area contributed by atoms with E-state index in [0.717, 1.165) is 4.90 Å². The normalized spacial score (nSPS) is 26.7. The first kappa shape index (κ1) is 15.6. The molecule has 2 aliphatic heterocycles. The molecule has 0 spiro atoms. The molecule has 0 aromatic carbocycles. The second kappa shape index (κ2) is 5.93. The van der Waals surface area contributed by atoms with Gasteiger partial charge in [-0.1, -0.05) is 0 Å². The average Bonchev–Trinajstić information content (AvgIpc) is 2.82. The number of amides is 4. The number of carbonyl (C=O) groups excluding carboxylic acids is 4. The Labute approximate surface area is 123 Å². The largest absolute Gasteiger partial charge is 0.305 e. The molecule has 116 valence electrons. The fourth-order valence-electron chi connectivity index (χ4n) is 3.03. The fourth-order valence-corrected chi connectivity index (χ4v) is 3.03. The van der Waals surface area contributed by atoms with Crippen LogP contribution in [0, 0.1) is 11.8 Å². The van der Waals surface area contributed by atoms with E-state index in [4.69, 9.17) is 0 Å². The lowest BCUT2D eigenvalue weighted by Gasteiger charge is -2.22. The fraction of sp³-hybridized carbons (Fsp3) is 0.714. The van der Waals surface area contributed by atoms with Crippen LogP contribution >= 0.6 is 0 Å². The Morgan fingerprint density at radius 3 is 1.95 bits per heavy atom. The first-order valence-corrected chi connectivity index (χ1v) is 7.18. The van der Waals surface area contributed by atoms with E-state index in [2.05, 4.69) is 0 Å². The van der Waals surface area contributed by atoms with E-state index >= 15 is 0 Å². The quantitative estimate of drug-likeness (QED) is 0.628. The first-order valence-electron chi connectivity index (χ1n) is 7.18. The summed E-state index contributed by atoms with van der Waals surface area (Å²) in [5.41, 5.74) is 0. The summed E-state index contributed by atoms with van der Waals surface area (Å²) in [6.07, 6.45) is 0.451. The van der Waals surface area contributed by atoms with E-state index in [9.17, 15) is 19.2 Å². The van der Waals surface area contributed by atoms with Crippen LogP contribution in [-0.2, 0) is 19.2 Å². The van der Waals surface area contributed by atoms with Crippen LogP contribution in [-0.4, -0.2) is 72.1 Å². The van der Waals surface area contributed by atoms with Crippen LogP contribution in [0.15, 0.2) is 0 Å². The lowest BCUT2D eigenvalue weighted by atomic mass is 10.0. The minimum Gasteiger partial charge on any atom is -0.305 e. The van der Waals surface area contributed by atoms with Crippen molar-refractivity contribution < 1.29 is 19.2 Å². The summed E-state index contributed by atoms with van der Waals surface area (Å²) in [5, 5.41) is 0. The summed E-state index contributed by atoms with van der Waals surface area (Å²) in [7, 11) is 3.30. The predicted octanol–water partition coefficient (Wildman–Crippen LogP) is -0.682. The average molecular weight is 295 g/mol. The van der Waals surface area contributed by atoms with Crippen LogP contribution in [0.25, 0.3) is 0 Å². The van der Waals surface area contributed by atoms with Crippen molar-refractivity contribution in [1.29, 1.82) is 0 Å². The van der Waals surface area contributed by atoms with Gasteiger partial charge in [0, 0.05) is 39.5 Å². The molecule has 0 aromatic heterocycles. The third-order valence-corrected chi connectivity index (χ3v) is 4.19. The van der Waals surface area contributed by atoms with Gasteiger partial charge in [-0.05, 0) is 14.0 Å². The third-order valence-electron chi connectivity index (χ3n) is 4.19. The maximum absolute atomic E-state index is 12.0. The number of imide groups is 2. The highest BCUT2D eigenvalue weighted by Crippen LogP contribution is 2.22. The minimum absolute atomic E-state index is 0.132. The zero-order chi connectivity index (χ0) is 15.7. The van der Waals surface area contributed by atoms with Crippen LogP contribution in [0.4, 0.5) is 0 Å². The summed E-state index contributed by atoms with van der Waals surface area (Å²) >= 11 is 0. The van der Waals surface area contributed by atoms with E-state index in [-0.39, 0.29) is 48.3 Å². The van der Waals surface area contributed by atoms with Gasteiger partial charge in [0.2, 0.25) is 23.6 Å². The van der Waals surface area contributed by atoms with Crippen molar-refractivity contribution in [2.75, 3.05) is 33.7 Å². The summed E-state index contributed by atoms with van der Waals surface area (Å²) in [5.74, 6) is -1.29. The first-order chi connectivity index (χ1) is 9.85. The van der Waals surface area contributed by atoms with Crippen LogP contribution in [0.1, 0.15) is 19.8 Å². The van der Waals surface area contributed by atoms with Gasteiger partial charge in [0.15, 0.2) is 0 Å². The number of hydrogen-bond donors (Lipinski definition) is 0. The molecule has 0 bridgehead atoms. The van der Waals surface area contributed by atoms with Gasteiger partial charge in [0.25, 0.3) is 0 Å². The molecule has 0 N–H and O–H groups in total. The van der Waals surface area contributed by atoms with Gasteiger partial charge in [-0.3, -0.25) is 29.0 Å². The van der Waals surface area contributed by atoms with Crippen LogP contribution in [0.2, 0.25) is 0 Å². The van der Waals surface area contributed by atoms with Crippen molar-refractivity contribution in [2.45, 2.75) is 19.8 Å². The van der Waals surface area contributed by atoms with Crippen LogP contribution < -0.4 is 0 Å². The number of nitrogens with zero attached hydrogens (tertiary/aromatic N) is 3. The van der Waals surface area contributed by atoms with E-state index in [1.807, 2.05) is 11.9 Å². The molecule has 2 saturated heterocycles. The molecular formula is C14H21N3O4. The monoisotopic (exact) mass is 295 g/mol. The van der Waals surface area contributed by atoms with Crippen molar-refractivity contribution in [2.24, 2.45) is 11.8 Å². The summed E-state index contributed by atoms with van der Waals surface area (Å²) in [6, 6.07) is 0. The topological polar surface area (TPSA) is 78.0 Å². The molecule has 2 fully saturated rings. The number of carbonyl (C=O) groups is 4. The molecule has 21 heavy (non-hydrogen) atoms. The smallest absolute Gasteiger partial charge is 0.234 e. The molecule has 0 aromatic rings. The van der Waals surface area contributed by atoms with Crippen LogP contribution in [0.5, 0.6) is 0 Å². The molecule has 7 heteroatoms. The van der Waals surface area contributed by atoms with E-state index in [1.54, 1.807) is 6.92 Å². The molecule has 4 amide bonds. The van der Waals surface area contributed by atoms with Gasteiger partial charge in [0.1, 0.15) is 0 Å². The van der Waals surface area contributed by atoms with Crippen molar-refractivity contribution in [3.63, 3.8) is 0 Å². The van der Waals surface area contributed by atoms with Gasteiger partial charge >= 0.3 is 0 Å². The van der Waals surface area contributed by atoms with Gasteiger partial charge < -0.3 is 4.90 Å². The van der Waals surface area contributed by atoms with E-state index in [0.29, 0.717) is 19.6 Å². The van der Waals surface area contributed by atoms with Crippen molar-refractivity contribution in [1.82, 2.24) is 14.7 Å². The summed E-state index contributed by atoms with van der Waals surface area (Å²) in [4.78, 5) is 51.3. The molecule has 2 aliphatic rings. The second-order valence-electron chi connectivity index (χ2n) is 5.79. The van der Waals surface area contributed by atoms with E-state index in [1.165, 1.54) is 11.9 Å². The Morgan fingerprint density at radius 2 is 1.52 bits per heavy atom. The van der Waals surface area contributed by atoms with E-state index < -0.39 is 0 Å². The zero-order valence-electron chi connectivity index (χ0n) is 12.7. The van der Waals surface area contributed by atoms with Crippen molar-refractivity contribution in [3.8, 4) is 0 Å².